The Labute approximate surface area is 216 Å². The van der Waals surface area contributed by atoms with Gasteiger partial charge in [-0.15, -0.1) is 0 Å². The molecule has 37 heavy (non-hydrogen) atoms. The Morgan fingerprint density at radius 2 is 1.46 bits per heavy atom. The summed E-state index contributed by atoms with van der Waals surface area (Å²) in [6.07, 6.45) is 1.71. The molecule has 2 N–H and O–H groups in total. The Hall–Kier alpha value is -3.78. The van der Waals surface area contributed by atoms with Gasteiger partial charge in [0.25, 0.3) is 0 Å². The van der Waals surface area contributed by atoms with Crippen molar-refractivity contribution in [3.63, 3.8) is 0 Å². The molecule has 2 fully saturated rings. The van der Waals surface area contributed by atoms with E-state index in [2.05, 4.69) is 64.1 Å². The summed E-state index contributed by atoms with van der Waals surface area (Å²) in [5.74, 6) is 1.39. The lowest BCUT2D eigenvalue weighted by atomic mass is 10.0. The van der Waals surface area contributed by atoms with Gasteiger partial charge >= 0.3 is 0 Å². The molecular formula is C30H30N4O3. The SMILES string of the molecule is COc1ccc(-c2ccnc(N[C@H]3CO[C@H]4[C@@H]3OC[C@@H]4NCc3ccc(-c4ccccc4)cc3)n2)cc1. The zero-order valence-corrected chi connectivity index (χ0v) is 20.7. The normalized spacial score (nSPS) is 22.5. The number of aromatic nitrogens is 2. The van der Waals surface area contributed by atoms with Crippen LogP contribution in [0.15, 0.2) is 91.1 Å². The second-order valence-electron chi connectivity index (χ2n) is 9.39. The Morgan fingerprint density at radius 1 is 0.784 bits per heavy atom. The number of nitrogens with zero attached hydrogens (tertiary/aromatic N) is 2. The van der Waals surface area contributed by atoms with Crippen molar-refractivity contribution in [3.05, 3.63) is 96.7 Å². The molecule has 0 amide bonds. The Morgan fingerprint density at radius 3 is 2.22 bits per heavy atom. The smallest absolute Gasteiger partial charge is 0.223 e. The van der Waals surface area contributed by atoms with Gasteiger partial charge in [-0.1, -0.05) is 54.6 Å². The maximum absolute atomic E-state index is 6.16. The second kappa shape index (κ2) is 10.7. The van der Waals surface area contributed by atoms with Crippen LogP contribution < -0.4 is 15.4 Å². The molecule has 0 spiro atoms. The predicted molar refractivity (Wildman–Crippen MR) is 143 cm³/mol. The van der Waals surface area contributed by atoms with Gasteiger partial charge in [0.2, 0.25) is 5.95 Å². The molecule has 188 valence electrons. The monoisotopic (exact) mass is 494 g/mol. The number of nitrogens with one attached hydrogen (secondary N) is 2. The summed E-state index contributed by atoms with van der Waals surface area (Å²) in [4.78, 5) is 9.14. The highest BCUT2D eigenvalue weighted by atomic mass is 16.6. The van der Waals surface area contributed by atoms with E-state index in [1.54, 1.807) is 13.3 Å². The van der Waals surface area contributed by atoms with Crippen LogP contribution in [0.5, 0.6) is 5.75 Å². The van der Waals surface area contributed by atoms with Crippen LogP contribution in [0.4, 0.5) is 5.95 Å². The van der Waals surface area contributed by atoms with Crippen molar-refractivity contribution in [1.29, 1.82) is 0 Å². The molecule has 0 unspecified atom stereocenters. The third kappa shape index (κ3) is 5.20. The minimum Gasteiger partial charge on any atom is -0.497 e. The number of anilines is 1. The number of rotatable bonds is 8. The topological polar surface area (TPSA) is 77.5 Å². The van der Waals surface area contributed by atoms with Gasteiger partial charge in [-0.2, -0.15) is 0 Å². The fraction of sp³-hybridized carbons (Fsp3) is 0.267. The van der Waals surface area contributed by atoms with Gasteiger partial charge in [0, 0.05) is 18.3 Å². The Bertz CT molecular complexity index is 1320. The van der Waals surface area contributed by atoms with E-state index in [1.165, 1.54) is 16.7 Å². The van der Waals surface area contributed by atoms with Crippen LogP contribution in [0.25, 0.3) is 22.4 Å². The first-order chi connectivity index (χ1) is 18.3. The van der Waals surface area contributed by atoms with E-state index < -0.39 is 0 Å². The van der Waals surface area contributed by atoms with Crippen molar-refractivity contribution in [2.45, 2.75) is 30.8 Å². The molecule has 1 aromatic heterocycles. The summed E-state index contributed by atoms with van der Waals surface area (Å²) in [5.41, 5.74) is 5.54. The first kappa shape index (κ1) is 23.6. The van der Waals surface area contributed by atoms with Gasteiger partial charge in [0.05, 0.1) is 38.1 Å². The molecule has 2 saturated heterocycles. The molecule has 3 aromatic carbocycles. The summed E-state index contributed by atoms with van der Waals surface area (Å²) in [7, 11) is 1.66. The first-order valence-electron chi connectivity index (χ1n) is 12.6. The number of methoxy groups -OCH3 is 1. The molecule has 0 saturated carbocycles. The number of hydrogen-bond donors (Lipinski definition) is 2. The largest absolute Gasteiger partial charge is 0.497 e. The quantitative estimate of drug-likeness (QED) is 0.372. The molecule has 0 radical (unpaired) electrons. The van der Waals surface area contributed by atoms with Crippen LogP contribution in [-0.4, -0.2) is 54.6 Å². The highest BCUT2D eigenvalue weighted by Gasteiger charge is 2.47. The van der Waals surface area contributed by atoms with Crippen molar-refractivity contribution < 1.29 is 14.2 Å². The summed E-state index contributed by atoms with van der Waals surface area (Å²) in [5, 5.41) is 7.07. The third-order valence-electron chi connectivity index (χ3n) is 7.04. The molecule has 0 bridgehead atoms. The number of benzene rings is 3. The minimum atomic E-state index is -0.0498. The van der Waals surface area contributed by atoms with Gasteiger partial charge < -0.3 is 24.8 Å². The van der Waals surface area contributed by atoms with Crippen LogP contribution in [-0.2, 0) is 16.0 Å². The Kier molecular flexibility index (Phi) is 6.82. The van der Waals surface area contributed by atoms with E-state index in [-0.39, 0.29) is 24.3 Å². The van der Waals surface area contributed by atoms with Gasteiger partial charge in [0.15, 0.2) is 0 Å². The van der Waals surface area contributed by atoms with Crippen LogP contribution >= 0.6 is 0 Å². The summed E-state index contributed by atoms with van der Waals surface area (Å²) < 4.78 is 17.6. The molecular weight excluding hydrogens is 464 g/mol. The lowest BCUT2D eigenvalue weighted by molar-refractivity contribution is 0.0675. The Balaban J connectivity index is 1.05. The van der Waals surface area contributed by atoms with Crippen molar-refractivity contribution in [2.75, 3.05) is 25.6 Å². The molecule has 7 heteroatoms. The van der Waals surface area contributed by atoms with E-state index in [0.717, 1.165) is 23.6 Å². The standard InChI is InChI=1S/C30H30N4O3/c1-35-24-13-11-23(12-14-24)25-15-16-31-30(33-25)34-27-19-37-28-26(18-36-29(27)28)32-17-20-7-9-22(10-8-20)21-5-3-2-4-6-21/h2-16,26-29,32H,17-19H2,1H3,(H,31,33,34)/t26-,27-,28+,29+/m0/s1. The van der Waals surface area contributed by atoms with Gasteiger partial charge in [-0.25, -0.2) is 9.97 Å². The first-order valence-corrected chi connectivity index (χ1v) is 12.6. The fourth-order valence-electron chi connectivity index (χ4n) is 5.01. The summed E-state index contributed by atoms with van der Waals surface area (Å²) in [6.45, 7) is 1.93. The molecule has 4 aromatic rings. The van der Waals surface area contributed by atoms with Crippen LogP contribution in [0, 0.1) is 0 Å². The number of fused-ring (bicyclic) bond motifs is 1. The molecule has 2 aliphatic heterocycles. The lowest BCUT2D eigenvalue weighted by Crippen LogP contribution is -2.41. The molecule has 4 atom stereocenters. The van der Waals surface area contributed by atoms with Crippen LogP contribution in [0.1, 0.15) is 5.56 Å². The van der Waals surface area contributed by atoms with Crippen LogP contribution in [0.3, 0.4) is 0 Å². The zero-order chi connectivity index (χ0) is 25.0. The van der Waals surface area contributed by atoms with Crippen LogP contribution in [0.2, 0.25) is 0 Å². The van der Waals surface area contributed by atoms with E-state index in [0.29, 0.717) is 19.2 Å². The van der Waals surface area contributed by atoms with E-state index in [9.17, 15) is 0 Å². The molecule has 7 nitrogen and oxygen atoms in total. The van der Waals surface area contributed by atoms with E-state index in [1.807, 2.05) is 36.4 Å². The lowest BCUT2D eigenvalue weighted by Gasteiger charge is -2.18. The van der Waals surface area contributed by atoms with Crippen molar-refractivity contribution in [3.8, 4) is 28.1 Å². The predicted octanol–water partition coefficient (Wildman–Crippen LogP) is 4.56. The molecule has 6 rings (SSSR count). The minimum absolute atomic E-state index is 0.00641. The average Bonchev–Trinajstić information content (AvgIpc) is 3.56. The van der Waals surface area contributed by atoms with E-state index >= 15 is 0 Å². The summed E-state index contributed by atoms with van der Waals surface area (Å²) in [6, 6.07) is 29.0. The van der Waals surface area contributed by atoms with Crippen molar-refractivity contribution in [2.24, 2.45) is 0 Å². The highest BCUT2D eigenvalue weighted by Crippen LogP contribution is 2.29. The highest BCUT2D eigenvalue weighted by molar-refractivity contribution is 5.63. The third-order valence-corrected chi connectivity index (χ3v) is 7.04. The molecule has 2 aliphatic rings. The molecule has 3 heterocycles. The van der Waals surface area contributed by atoms with E-state index in [4.69, 9.17) is 19.2 Å². The maximum atomic E-state index is 6.16. The zero-order valence-electron chi connectivity index (χ0n) is 20.7. The number of hydrogen-bond acceptors (Lipinski definition) is 7. The fourth-order valence-corrected chi connectivity index (χ4v) is 5.01. The molecule has 0 aliphatic carbocycles. The van der Waals surface area contributed by atoms with Crippen molar-refractivity contribution in [1.82, 2.24) is 15.3 Å². The number of ether oxygens (including phenoxy) is 3. The van der Waals surface area contributed by atoms with Gasteiger partial charge in [-0.3, -0.25) is 0 Å². The van der Waals surface area contributed by atoms with Crippen molar-refractivity contribution >= 4 is 5.95 Å². The second-order valence-corrected chi connectivity index (χ2v) is 9.39. The average molecular weight is 495 g/mol. The summed E-state index contributed by atoms with van der Waals surface area (Å²) >= 11 is 0. The van der Waals surface area contributed by atoms with Gasteiger partial charge in [0.1, 0.15) is 18.0 Å². The maximum Gasteiger partial charge on any atom is 0.223 e. The van der Waals surface area contributed by atoms with Gasteiger partial charge in [-0.05, 0) is 47.0 Å².